The Morgan fingerprint density at radius 2 is 1.90 bits per heavy atom. The molecule has 0 fully saturated rings. The first-order chi connectivity index (χ1) is 9.60. The van der Waals surface area contributed by atoms with Gasteiger partial charge in [0.25, 0.3) is 0 Å². The van der Waals surface area contributed by atoms with Crippen molar-refractivity contribution in [1.82, 2.24) is 0 Å². The normalized spacial score (nSPS) is 10.4. The summed E-state index contributed by atoms with van der Waals surface area (Å²) in [6.07, 6.45) is 4.68. The van der Waals surface area contributed by atoms with Crippen LogP contribution in [-0.4, -0.2) is 25.9 Å². The van der Waals surface area contributed by atoms with E-state index in [1.165, 1.54) is 12.8 Å². The number of rotatable bonds is 9. The lowest BCUT2D eigenvalue weighted by Crippen LogP contribution is -2.20. The van der Waals surface area contributed by atoms with Gasteiger partial charge in [0.1, 0.15) is 0 Å². The maximum atomic E-state index is 11.6. The summed E-state index contributed by atoms with van der Waals surface area (Å²) in [6, 6.07) is 5.95. The molecule has 112 valence electrons. The first-order valence-electron chi connectivity index (χ1n) is 7.70. The second kappa shape index (κ2) is 8.62. The van der Waals surface area contributed by atoms with E-state index in [1.807, 2.05) is 18.2 Å². The highest BCUT2D eigenvalue weighted by Gasteiger charge is 2.10. The summed E-state index contributed by atoms with van der Waals surface area (Å²) in [7, 11) is 2.10. The highest BCUT2D eigenvalue weighted by Crippen LogP contribution is 2.27. The lowest BCUT2D eigenvalue weighted by Gasteiger charge is -2.23. The Balaban J connectivity index is 2.93. The fourth-order valence-electron chi connectivity index (χ4n) is 2.13. The van der Waals surface area contributed by atoms with Crippen LogP contribution in [0.4, 0.5) is 11.4 Å². The van der Waals surface area contributed by atoms with Crippen molar-refractivity contribution in [3.8, 4) is 0 Å². The molecule has 3 nitrogen and oxygen atoms in total. The monoisotopic (exact) mass is 276 g/mol. The molecule has 3 heteroatoms. The number of hydrogen-bond acceptors (Lipinski definition) is 3. The lowest BCUT2D eigenvalue weighted by atomic mass is 10.1. The standard InChI is InChI=1S/C17H28N2O/c1-5-7-11-18-16-10-9-15(14(3)20)13-17(16)19(4)12-8-6-2/h9-10,13,18H,5-8,11-12H2,1-4H3. The maximum absolute atomic E-state index is 11.6. The van der Waals surface area contributed by atoms with Gasteiger partial charge in [-0.25, -0.2) is 0 Å². The number of nitrogens with one attached hydrogen (secondary N) is 1. The average Bonchev–Trinajstić information content (AvgIpc) is 2.45. The van der Waals surface area contributed by atoms with Gasteiger partial charge < -0.3 is 10.2 Å². The van der Waals surface area contributed by atoms with Gasteiger partial charge in [0.15, 0.2) is 5.78 Å². The van der Waals surface area contributed by atoms with E-state index in [9.17, 15) is 4.79 Å². The second-order valence-electron chi connectivity index (χ2n) is 5.34. The van der Waals surface area contributed by atoms with Gasteiger partial charge in [-0.05, 0) is 38.0 Å². The SMILES string of the molecule is CCCCNc1ccc(C(C)=O)cc1N(C)CCCC. The van der Waals surface area contributed by atoms with Crippen LogP contribution in [0.1, 0.15) is 56.8 Å². The number of nitrogens with zero attached hydrogens (tertiary/aromatic N) is 1. The predicted molar refractivity (Wildman–Crippen MR) is 88.0 cm³/mol. The molecular weight excluding hydrogens is 248 g/mol. The third-order valence-corrected chi connectivity index (χ3v) is 3.51. The zero-order valence-electron chi connectivity index (χ0n) is 13.3. The Morgan fingerprint density at radius 1 is 1.20 bits per heavy atom. The molecular formula is C17H28N2O. The molecule has 0 aliphatic carbocycles. The zero-order chi connectivity index (χ0) is 15.0. The molecule has 0 atom stereocenters. The number of anilines is 2. The fourth-order valence-corrected chi connectivity index (χ4v) is 2.13. The van der Waals surface area contributed by atoms with Crippen molar-refractivity contribution in [3.63, 3.8) is 0 Å². The molecule has 0 aliphatic heterocycles. The van der Waals surface area contributed by atoms with Crippen LogP contribution < -0.4 is 10.2 Å². The molecule has 0 aromatic heterocycles. The molecule has 0 amide bonds. The van der Waals surface area contributed by atoms with E-state index < -0.39 is 0 Å². The second-order valence-corrected chi connectivity index (χ2v) is 5.34. The Labute approximate surface area is 123 Å². The van der Waals surface area contributed by atoms with Gasteiger partial charge in [0.2, 0.25) is 0 Å². The number of benzene rings is 1. The number of Topliss-reactive ketones (excluding diaryl/α,β-unsaturated/α-hetero) is 1. The molecule has 1 rings (SSSR count). The smallest absolute Gasteiger partial charge is 0.159 e. The van der Waals surface area contributed by atoms with Crippen LogP contribution in [-0.2, 0) is 0 Å². The summed E-state index contributed by atoms with van der Waals surface area (Å²) in [4.78, 5) is 13.8. The minimum absolute atomic E-state index is 0.121. The highest BCUT2D eigenvalue weighted by atomic mass is 16.1. The minimum Gasteiger partial charge on any atom is -0.383 e. The molecule has 0 bridgehead atoms. The first kappa shape index (κ1) is 16.5. The number of carbonyl (C=O) groups is 1. The molecule has 0 spiro atoms. The van der Waals surface area contributed by atoms with E-state index in [0.717, 1.165) is 42.9 Å². The summed E-state index contributed by atoms with van der Waals surface area (Å²) in [5, 5.41) is 3.48. The largest absolute Gasteiger partial charge is 0.383 e. The molecule has 0 unspecified atom stereocenters. The van der Waals surface area contributed by atoms with Gasteiger partial charge in [0.05, 0.1) is 11.4 Å². The average molecular weight is 276 g/mol. The predicted octanol–water partition coefficient (Wildman–Crippen LogP) is 4.34. The van der Waals surface area contributed by atoms with Gasteiger partial charge in [-0.2, -0.15) is 0 Å². The molecule has 1 aromatic rings. The summed E-state index contributed by atoms with van der Waals surface area (Å²) < 4.78 is 0. The van der Waals surface area contributed by atoms with E-state index in [-0.39, 0.29) is 5.78 Å². The van der Waals surface area contributed by atoms with Gasteiger partial charge >= 0.3 is 0 Å². The Hall–Kier alpha value is -1.51. The quantitative estimate of drug-likeness (QED) is 0.538. The molecule has 0 saturated carbocycles. The van der Waals surface area contributed by atoms with Crippen molar-refractivity contribution in [1.29, 1.82) is 0 Å². The van der Waals surface area contributed by atoms with Crippen molar-refractivity contribution < 1.29 is 4.79 Å². The molecule has 1 N–H and O–H groups in total. The van der Waals surface area contributed by atoms with Crippen LogP contribution in [0.15, 0.2) is 18.2 Å². The fraction of sp³-hybridized carbons (Fsp3) is 0.588. The van der Waals surface area contributed by atoms with Crippen LogP contribution in [0.25, 0.3) is 0 Å². The number of hydrogen-bond donors (Lipinski definition) is 1. The summed E-state index contributed by atoms with van der Waals surface area (Å²) in [5.41, 5.74) is 3.04. The maximum Gasteiger partial charge on any atom is 0.159 e. The summed E-state index contributed by atoms with van der Waals surface area (Å²) >= 11 is 0. The zero-order valence-corrected chi connectivity index (χ0v) is 13.3. The van der Waals surface area contributed by atoms with Crippen LogP contribution >= 0.6 is 0 Å². The third kappa shape index (κ3) is 4.87. The van der Waals surface area contributed by atoms with Crippen LogP contribution in [0.3, 0.4) is 0 Å². The Kier molecular flexibility index (Phi) is 7.13. The topological polar surface area (TPSA) is 32.3 Å². The van der Waals surface area contributed by atoms with Gasteiger partial charge in [-0.1, -0.05) is 26.7 Å². The van der Waals surface area contributed by atoms with Gasteiger partial charge in [0, 0.05) is 25.7 Å². The molecule has 0 radical (unpaired) electrons. The van der Waals surface area contributed by atoms with Crippen LogP contribution in [0.5, 0.6) is 0 Å². The minimum atomic E-state index is 0.121. The summed E-state index contributed by atoms with van der Waals surface area (Å²) in [5.74, 6) is 0.121. The number of carbonyl (C=O) groups excluding carboxylic acids is 1. The molecule has 0 heterocycles. The van der Waals surface area contributed by atoms with Crippen molar-refractivity contribution >= 4 is 17.2 Å². The molecule has 1 aromatic carbocycles. The summed E-state index contributed by atoms with van der Waals surface area (Å²) in [6.45, 7) is 8.00. The van der Waals surface area contributed by atoms with Crippen molar-refractivity contribution in [3.05, 3.63) is 23.8 Å². The third-order valence-electron chi connectivity index (χ3n) is 3.51. The van der Waals surface area contributed by atoms with Crippen molar-refractivity contribution in [2.24, 2.45) is 0 Å². The Morgan fingerprint density at radius 3 is 2.50 bits per heavy atom. The molecule has 0 aliphatic rings. The van der Waals surface area contributed by atoms with E-state index >= 15 is 0 Å². The van der Waals surface area contributed by atoms with Crippen LogP contribution in [0.2, 0.25) is 0 Å². The Bertz CT molecular complexity index is 429. The van der Waals surface area contributed by atoms with Crippen LogP contribution in [0, 0.1) is 0 Å². The number of unbranched alkanes of at least 4 members (excludes halogenated alkanes) is 2. The van der Waals surface area contributed by atoms with E-state index in [0.29, 0.717) is 0 Å². The van der Waals surface area contributed by atoms with E-state index in [1.54, 1.807) is 6.92 Å². The number of ketones is 1. The van der Waals surface area contributed by atoms with Gasteiger partial charge in [-0.15, -0.1) is 0 Å². The first-order valence-corrected chi connectivity index (χ1v) is 7.70. The molecule has 0 saturated heterocycles. The van der Waals surface area contributed by atoms with E-state index in [4.69, 9.17) is 0 Å². The van der Waals surface area contributed by atoms with Gasteiger partial charge in [-0.3, -0.25) is 4.79 Å². The highest BCUT2D eigenvalue weighted by molar-refractivity contribution is 5.96. The van der Waals surface area contributed by atoms with Crippen molar-refractivity contribution in [2.45, 2.75) is 46.5 Å². The lowest BCUT2D eigenvalue weighted by molar-refractivity contribution is 0.101. The molecule has 20 heavy (non-hydrogen) atoms. The van der Waals surface area contributed by atoms with E-state index in [2.05, 4.69) is 31.1 Å². The van der Waals surface area contributed by atoms with Crippen molar-refractivity contribution in [2.75, 3.05) is 30.4 Å².